The minimum Gasteiger partial charge on any atom is -0.342 e. The fraction of sp³-hybridized carbons (Fsp3) is 0.765. The van der Waals surface area contributed by atoms with E-state index in [1.807, 2.05) is 22.7 Å². The van der Waals surface area contributed by atoms with Gasteiger partial charge in [0, 0.05) is 31.4 Å². The molecule has 2 saturated carbocycles. The van der Waals surface area contributed by atoms with Gasteiger partial charge in [-0.3, -0.25) is 9.59 Å². The van der Waals surface area contributed by atoms with Crippen LogP contribution in [0.2, 0.25) is 0 Å². The third kappa shape index (κ3) is 6.03. The summed E-state index contributed by atoms with van der Waals surface area (Å²) in [5.74, 6) is 1.76. The molecule has 3 fully saturated rings. The summed E-state index contributed by atoms with van der Waals surface area (Å²) < 4.78 is 0. The molecule has 0 bridgehead atoms. The molecular formula is C17H28N2O2S. The van der Waals surface area contributed by atoms with E-state index in [0.29, 0.717) is 37.2 Å². The molecule has 2 aliphatic carbocycles. The lowest BCUT2D eigenvalue weighted by Gasteiger charge is -2.32. The van der Waals surface area contributed by atoms with E-state index in [2.05, 4.69) is 6.58 Å². The standard InChI is InChI=1S/C12H20N2O2S.C5H8/c15-10-13-5-7-14(8-6-13)12(16)9-17-11-3-1-2-4-11;1-2-5-3-4-5/h10-11H,1-9H2;2,5H,1,3-4H2. The van der Waals surface area contributed by atoms with Crippen molar-refractivity contribution in [1.29, 1.82) is 0 Å². The normalized spacial score (nSPS) is 22.0. The van der Waals surface area contributed by atoms with Gasteiger partial charge in [-0.15, -0.1) is 18.3 Å². The number of rotatable bonds is 5. The number of thioether (sulfide) groups is 1. The first kappa shape index (κ1) is 17.4. The lowest BCUT2D eigenvalue weighted by molar-refractivity contribution is -0.132. The Labute approximate surface area is 138 Å². The monoisotopic (exact) mass is 324 g/mol. The Kier molecular flexibility index (Phi) is 7.30. The SMILES string of the molecule is C=CC1CC1.O=CN1CCN(C(=O)CSC2CCCC2)CC1. The highest BCUT2D eigenvalue weighted by molar-refractivity contribution is 8.00. The first-order valence-electron chi connectivity index (χ1n) is 8.44. The number of hydrogen-bond acceptors (Lipinski definition) is 3. The Hall–Kier alpha value is -0.970. The van der Waals surface area contributed by atoms with Gasteiger partial charge in [-0.2, -0.15) is 0 Å². The van der Waals surface area contributed by atoms with Crippen molar-refractivity contribution in [2.45, 2.75) is 43.8 Å². The van der Waals surface area contributed by atoms with Gasteiger partial charge in [0.05, 0.1) is 5.75 Å². The number of allylic oxidation sites excluding steroid dienone is 1. The summed E-state index contributed by atoms with van der Waals surface area (Å²) in [6.07, 6.45) is 10.9. The van der Waals surface area contributed by atoms with Crippen LogP contribution in [0.3, 0.4) is 0 Å². The molecule has 4 nitrogen and oxygen atoms in total. The van der Waals surface area contributed by atoms with Crippen LogP contribution >= 0.6 is 11.8 Å². The Morgan fingerprint density at radius 1 is 1.09 bits per heavy atom. The zero-order valence-electron chi connectivity index (χ0n) is 13.4. The molecule has 0 unspecified atom stereocenters. The van der Waals surface area contributed by atoms with Crippen LogP contribution in [0.1, 0.15) is 38.5 Å². The number of hydrogen-bond donors (Lipinski definition) is 0. The van der Waals surface area contributed by atoms with Crippen LogP contribution in [-0.2, 0) is 9.59 Å². The Bertz CT molecular complexity index is 371. The van der Waals surface area contributed by atoms with E-state index in [4.69, 9.17) is 0 Å². The predicted octanol–water partition coefficient (Wildman–Crippen LogP) is 2.55. The number of carbonyl (C=O) groups is 2. The van der Waals surface area contributed by atoms with Gasteiger partial charge in [0.1, 0.15) is 0 Å². The van der Waals surface area contributed by atoms with Gasteiger partial charge in [0.25, 0.3) is 0 Å². The van der Waals surface area contributed by atoms with E-state index in [9.17, 15) is 9.59 Å². The third-order valence-corrected chi connectivity index (χ3v) is 5.87. The maximum absolute atomic E-state index is 11.9. The molecule has 0 spiro atoms. The molecule has 0 N–H and O–H groups in total. The maximum atomic E-state index is 11.9. The van der Waals surface area contributed by atoms with Crippen molar-refractivity contribution in [3.05, 3.63) is 12.7 Å². The highest BCUT2D eigenvalue weighted by Gasteiger charge is 2.22. The molecule has 0 aromatic heterocycles. The summed E-state index contributed by atoms with van der Waals surface area (Å²) in [5.41, 5.74) is 0. The van der Waals surface area contributed by atoms with Gasteiger partial charge >= 0.3 is 0 Å². The highest BCUT2D eigenvalue weighted by Crippen LogP contribution is 2.29. The summed E-state index contributed by atoms with van der Waals surface area (Å²) in [5, 5.41) is 0.704. The molecule has 124 valence electrons. The van der Waals surface area contributed by atoms with Crippen LogP contribution in [0.4, 0.5) is 0 Å². The predicted molar refractivity (Wildman–Crippen MR) is 91.9 cm³/mol. The first-order valence-corrected chi connectivity index (χ1v) is 9.49. The van der Waals surface area contributed by atoms with Crippen LogP contribution in [-0.4, -0.2) is 59.3 Å². The number of nitrogens with zero attached hydrogens (tertiary/aromatic N) is 2. The van der Waals surface area contributed by atoms with Gasteiger partial charge in [-0.05, 0) is 31.6 Å². The molecule has 1 saturated heterocycles. The second kappa shape index (κ2) is 9.23. The molecule has 22 heavy (non-hydrogen) atoms. The lowest BCUT2D eigenvalue weighted by atomic mass is 10.3. The summed E-state index contributed by atoms with van der Waals surface area (Å²) in [7, 11) is 0. The van der Waals surface area contributed by atoms with E-state index >= 15 is 0 Å². The van der Waals surface area contributed by atoms with Crippen molar-refractivity contribution in [3.63, 3.8) is 0 Å². The van der Waals surface area contributed by atoms with E-state index in [-0.39, 0.29) is 5.91 Å². The third-order valence-electron chi connectivity index (χ3n) is 4.52. The second-order valence-corrected chi connectivity index (χ2v) is 7.60. The van der Waals surface area contributed by atoms with Crippen molar-refractivity contribution in [1.82, 2.24) is 9.80 Å². The van der Waals surface area contributed by atoms with Crippen molar-refractivity contribution >= 4 is 24.1 Å². The highest BCUT2D eigenvalue weighted by atomic mass is 32.2. The Morgan fingerprint density at radius 3 is 2.18 bits per heavy atom. The molecule has 1 heterocycles. The maximum Gasteiger partial charge on any atom is 0.232 e. The van der Waals surface area contributed by atoms with Crippen LogP contribution in [0.15, 0.2) is 12.7 Å². The topological polar surface area (TPSA) is 40.6 Å². The number of piperazine rings is 1. The van der Waals surface area contributed by atoms with Crippen molar-refractivity contribution < 1.29 is 9.59 Å². The minimum absolute atomic E-state index is 0.243. The van der Waals surface area contributed by atoms with Crippen LogP contribution in [0.25, 0.3) is 0 Å². The quantitative estimate of drug-likeness (QED) is 0.576. The summed E-state index contributed by atoms with van der Waals surface area (Å²) in [6, 6.07) is 0. The van der Waals surface area contributed by atoms with E-state index in [1.165, 1.54) is 38.5 Å². The Balaban J connectivity index is 0.000000299. The largest absolute Gasteiger partial charge is 0.342 e. The van der Waals surface area contributed by atoms with Crippen LogP contribution < -0.4 is 0 Å². The minimum atomic E-state index is 0.243. The Morgan fingerprint density at radius 2 is 1.73 bits per heavy atom. The summed E-state index contributed by atoms with van der Waals surface area (Å²) >= 11 is 1.82. The average molecular weight is 324 g/mol. The molecule has 1 aliphatic heterocycles. The second-order valence-electron chi connectivity index (χ2n) is 6.31. The first-order chi connectivity index (χ1) is 10.7. The molecule has 2 amide bonds. The van der Waals surface area contributed by atoms with Crippen LogP contribution in [0.5, 0.6) is 0 Å². The van der Waals surface area contributed by atoms with Gasteiger partial charge in [-0.25, -0.2) is 0 Å². The van der Waals surface area contributed by atoms with Gasteiger partial charge in [0.15, 0.2) is 0 Å². The van der Waals surface area contributed by atoms with Crippen LogP contribution in [0, 0.1) is 5.92 Å². The van der Waals surface area contributed by atoms with Crippen molar-refractivity contribution in [3.8, 4) is 0 Å². The van der Waals surface area contributed by atoms with E-state index in [0.717, 1.165) is 12.3 Å². The molecule has 0 radical (unpaired) electrons. The number of carbonyl (C=O) groups excluding carboxylic acids is 2. The summed E-state index contributed by atoms with van der Waals surface area (Å²) in [4.78, 5) is 26.1. The zero-order valence-corrected chi connectivity index (χ0v) is 14.2. The molecule has 3 rings (SSSR count). The molecule has 3 aliphatic rings. The fourth-order valence-electron chi connectivity index (χ4n) is 2.74. The van der Waals surface area contributed by atoms with Gasteiger partial charge in [-0.1, -0.05) is 18.9 Å². The molecule has 0 atom stereocenters. The van der Waals surface area contributed by atoms with E-state index in [1.54, 1.807) is 4.90 Å². The van der Waals surface area contributed by atoms with Crippen molar-refractivity contribution in [2.75, 3.05) is 31.9 Å². The van der Waals surface area contributed by atoms with Crippen molar-refractivity contribution in [2.24, 2.45) is 5.92 Å². The molecular weight excluding hydrogens is 296 g/mol. The van der Waals surface area contributed by atoms with E-state index < -0.39 is 0 Å². The molecule has 0 aromatic rings. The number of amides is 2. The molecule has 5 heteroatoms. The van der Waals surface area contributed by atoms with Gasteiger partial charge < -0.3 is 9.80 Å². The average Bonchev–Trinajstić information content (AvgIpc) is 3.28. The molecule has 0 aromatic carbocycles. The fourth-order valence-corrected chi connectivity index (χ4v) is 3.97. The van der Waals surface area contributed by atoms with Gasteiger partial charge in [0.2, 0.25) is 12.3 Å². The smallest absolute Gasteiger partial charge is 0.232 e. The zero-order chi connectivity index (χ0) is 15.8. The summed E-state index contributed by atoms with van der Waals surface area (Å²) in [6.45, 7) is 6.38. The lowest BCUT2D eigenvalue weighted by Crippen LogP contribution is -2.48.